The highest BCUT2D eigenvalue weighted by molar-refractivity contribution is 7.99. The van der Waals surface area contributed by atoms with Gasteiger partial charge in [0.25, 0.3) is 10.1 Å². The Balaban J connectivity index is 5.41. The first kappa shape index (κ1) is 14.4. The first-order valence-electron chi connectivity index (χ1n) is 3.64. The van der Waals surface area contributed by atoms with E-state index in [-0.39, 0.29) is 12.0 Å². The lowest BCUT2D eigenvalue weighted by Gasteiger charge is -2.25. The molecule has 0 fully saturated rings. The van der Waals surface area contributed by atoms with E-state index in [0.717, 1.165) is 11.8 Å². The number of carbonyl (C=O) groups excluding carboxylic acids is 1. The van der Waals surface area contributed by atoms with Gasteiger partial charge in [-0.15, -0.1) is 0 Å². The number of aldehydes is 1. The van der Waals surface area contributed by atoms with Crippen LogP contribution in [-0.4, -0.2) is 53.1 Å². The van der Waals surface area contributed by atoms with Gasteiger partial charge in [-0.25, -0.2) is 4.79 Å². The number of carboxylic acids is 1. The standard InChI is InChI=1S/C6H11NO6S2/c1-14-2-4(15(11,12)13)6(7,3-8)5(9)10/h3-4H,2,7H2,1H3,(H,9,10)(H,11,12,13). The molecule has 0 aliphatic heterocycles. The molecule has 0 aromatic carbocycles. The number of aliphatic carboxylic acids is 1. The van der Waals surface area contributed by atoms with Gasteiger partial charge in [0.1, 0.15) is 5.25 Å². The summed E-state index contributed by atoms with van der Waals surface area (Å²) in [7, 11) is -4.70. The summed E-state index contributed by atoms with van der Waals surface area (Å²) in [6, 6.07) is 0. The number of thioether (sulfide) groups is 1. The van der Waals surface area contributed by atoms with Gasteiger partial charge in [-0.2, -0.15) is 20.2 Å². The molecule has 9 heteroatoms. The molecular formula is C6H11NO6S2. The number of nitrogens with two attached hydrogens (primary N) is 1. The Kier molecular flexibility index (Phi) is 4.71. The molecule has 2 atom stereocenters. The van der Waals surface area contributed by atoms with Gasteiger partial charge in [-0.1, -0.05) is 0 Å². The molecule has 0 radical (unpaired) electrons. The SMILES string of the molecule is CSCC(C(N)(C=O)C(=O)O)S(=O)(=O)O. The number of carbonyl (C=O) groups is 2. The van der Waals surface area contributed by atoms with Crippen LogP contribution in [0.1, 0.15) is 0 Å². The van der Waals surface area contributed by atoms with Crippen LogP contribution < -0.4 is 5.73 Å². The Hall–Kier alpha value is -0.640. The molecule has 2 unspecified atom stereocenters. The molecule has 4 N–H and O–H groups in total. The number of hydrogen-bond acceptors (Lipinski definition) is 6. The van der Waals surface area contributed by atoms with Crippen LogP contribution in [0.3, 0.4) is 0 Å². The lowest BCUT2D eigenvalue weighted by Crippen LogP contribution is -2.62. The van der Waals surface area contributed by atoms with E-state index in [2.05, 4.69) is 0 Å². The summed E-state index contributed by atoms with van der Waals surface area (Å²) in [6.07, 6.45) is 1.30. The van der Waals surface area contributed by atoms with Gasteiger partial charge >= 0.3 is 5.97 Å². The first-order chi connectivity index (χ1) is 6.70. The molecule has 0 aliphatic rings. The monoisotopic (exact) mass is 257 g/mol. The van der Waals surface area contributed by atoms with Crippen molar-refractivity contribution in [2.75, 3.05) is 12.0 Å². The van der Waals surface area contributed by atoms with Crippen LogP contribution in [0.15, 0.2) is 0 Å². The molecule has 0 saturated carbocycles. The quantitative estimate of drug-likeness (QED) is 0.300. The van der Waals surface area contributed by atoms with Crippen molar-refractivity contribution in [1.82, 2.24) is 0 Å². The van der Waals surface area contributed by atoms with Crippen molar-refractivity contribution in [2.45, 2.75) is 10.8 Å². The fraction of sp³-hybridized carbons (Fsp3) is 0.667. The summed E-state index contributed by atoms with van der Waals surface area (Å²) >= 11 is 0.955. The molecule has 0 amide bonds. The maximum Gasteiger partial charge on any atom is 0.332 e. The van der Waals surface area contributed by atoms with E-state index in [4.69, 9.17) is 15.4 Å². The van der Waals surface area contributed by atoms with Gasteiger partial charge < -0.3 is 15.6 Å². The zero-order valence-corrected chi connectivity index (χ0v) is 9.42. The molecule has 0 rings (SSSR count). The van der Waals surface area contributed by atoms with Crippen molar-refractivity contribution in [3.05, 3.63) is 0 Å². The third kappa shape index (κ3) is 3.16. The van der Waals surface area contributed by atoms with Gasteiger partial charge in [0, 0.05) is 5.75 Å². The van der Waals surface area contributed by atoms with Gasteiger partial charge in [-0.05, 0) is 6.26 Å². The van der Waals surface area contributed by atoms with Crippen LogP contribution in [0.25, 0.3) is 0 Å². The fourth-order valence-corrected chi connectivity index (χ4v) is 3.21. The summed E-state index contributed by atoms with van der Waals surface area (Å²) < 4.78 is 30.5. The molecule has 0 saturated heterocycles. The van der Waals surface area contributed by atoms with Gasteiger partial charge in [0.2, 0.25) is 0 Å². The highest BCUT2D eigenvalue weighted by Crippen LogP contribution is 2.17. The second kappa shape index (κ2) is 4.92. The Morgan fingerprint density at radius 3 is 2.33 bits per heavy atom. The number of rotatable bonds is 6. The van der Waals surface area contributed by atoms with E-state index in [0.29, 0.717) is 0 Å². The average Bonchev–Trinajstić information content (AvgIpc) is 2.10. The largest absolute Gasteiger partial charge is 0.480 e. The molecule has 0 aliphatic carbocycles. The molecule has 0 heterocycles. The van der Waals surface area contributed by atoms with E-state index in [1.54, 1.807) is 0 Å². The minimum absolute atomic E-state index is 0.190. The van der Waals surface area contributed by atoms with Crippen LogP contribution in [-0.2, 0) is 19.7 Å². The molecule has 0 spiro atoms. The predicted octanol–water partition coefficient (Wildman–Crippen LogP) is -1.41. The summed E-state index contributed by atoms with van der Waals surface area (Å²) in [5.41, 5.74) is 2.51. The number of hydrogen-bond donors (Lipinski definition) is 3. The Labute approximate surface area is 90.8 Å². The zero-order valence-electron chi connectivity index (χ0n) is 7.78. The van der Waals surface area contributed by atoms with Gasteiger partial charge in [0.05, 0.1) is 0 Å². The molecule has 15 heavy (non-hydrogen) atoms. The maximum atomic E-state index is 10.9. The Morgan fingerprint density at radius 2 is 2.13 bits per heavy atom. The second-order valence-corrected chi connectivity index (χ2v) is 5.32. The van der Waals surface area contributed by atoms with Gasteiger partial charge in [0.15, 0.2) is 11.8 Å². The summed E-state index contributed by atoms with van der Waals surface area (Å²) in [5, 5.41) is 6.79. The van der Waals surface area contributed by atoms with E-state index in [1.165, 1.54) is 6.26 Å². The van der Waals surface area contributed by atoms with Crippen molar-refractivity contribution in [2.24, 2.45) is 5.73 Å². The third-order valence-electron chi connectivity index (χ3n) is 1.78. The molecule has 0 aromatic heterocycles. The van der Waals surface area contributed by atoms with Gasteiger partial charge in [-0.3, -0.25) is 4.55 Å². The highest BCUT2D eigenvalue weighted by Gasteiger charge is 2.49. The average molecular weight is 257 g/mol. The lowest BCUT2D eigenvalue weighted by atomic mass is 10.00. The van der Waals surface area contributed by atoms with Crippen LogP contribution in [0.5, 0.6) is 0 Å². The first-order valence-corrected chi connectivity index (χ1v) is 6.53. The highest BCUT2D eigenvalue weighted by atomic mass is 32.2. The molecule has 88 valence electrons. The maximum absolute atomic E-state index is 10.9. The molecule has 0 aromatic rings. The smallest absolute Gasteiger partial charge is 0.332 e. The Morgan fingerprint density at radius 1 is 1.67 bits per heavy atom. The molecular weight excluding hydrogens is 246 g/mol. The lowest BCUT2D eigenvalue weighted by molar-refractivity contribution is -0.145. The predicted molar refractivity (Wildman–Crippen MR) is 54.3 cm³/mol. The number of carboxylic acid groups (broad SMARTS) is 1. The van der Waals surface area contributed by atoms with Crippen LogP contribution in [0.2, 0.25) is 0 Å². The minimum atomic E-state index is -4.70. The summed E-state index contributed by atoms with van der Waals surface area (Å²) in [4.78, 5) is 21.2. The van der Waals surface area contributed by atoms with Crippen LogP contribution >= 0.6 is 11.8 Å². The normalized spacial score (nSPS) is 17.8. The van der Waals surface area contributed by atoms with Crippen LogP contribution in [0.4, 0.5) is 0 Å². The molecule has 7 nitrogen and oxygen atoms in total. The zero-order chi connectivity index (χ0) is 12.3. The van der Waals surface area contributed by atoms with Crippen molar-refractivity contribution in [1.29, 1.82) is 0 Å². The van der Waals surface area contributed by atoms with Crippen molar-refractivity contribution in [3.8, 4) is 0 Å². The van der Waals surface area contributed by atoms with Crippen molar-refractivity contribution in [3.63, 3.8) is 0 Å². The van der Waals surface area contributed by atoms with Crippen LogP contribution in [0, 0.1) is 0 Å². The summed E-state index contributed by atoms with van der Waals surface area (Å²) in [5.74, 6) is -2.09. The topological polar surface area (TPSA) is 135 Å². The summed E-state index contributed by atoms with van der Waals surface area (Å²) in [6.45, 7) is 0. The minimum Gasteiger partial charge on any atom is -0.480 e. The van der Waals surface area contributed by atoms with Crippen molar-refractivity contribution >= 4 is 34.1 Å². The van der Waals surface area contributed by atoms with Crippen molar-refractivity contribution < 1.29 is 27.7 Å². The fourth-order valence-electron chi connectivity index (χ4n) is 0.886. The van der Waals surface area contributed by atoms with E-state index < -0.39 is 26.9 Å². The second-order valence-electron chi connectivity index (χ2n) is 2.81. The van der Waals surface area contributed by atoms with E-state index in [9.17, 15) is 18.0 Å². The Bertz CT molecular complexity index is 353. The van der Waals surface area contributed by atoms with E-state index >= 15 is 0 Å². The third-order valence-corrected chi connectivity index (χ3v) is 3.93. The van der Waals surface area contributed by atoms with E-state index in [1.807, 2.05) is 0 Å². The molecule has 0 bridgehead atoms.